The van der Waals surface area contributed by atoms with Crippen LogP contribution in [0.4, 0.5) is 5.13 Å². The van der Waals surface area contributed by atoms with Crippen LogP contribution in [0, 0.1) is 5.92 Å². The molecule has 2 aliphatic rings. The maximum atomic E-state index is 12.4. The van der Waals surface area contributed by atoms with Gasteiger partial charge < -0.3 is 15.5 Å². The zero-order chi connectivity index (χ0) is 16.2. The third-order valence-corrected chi connectivity index (χ3v) is 5.79. The van der Waals surface area contributed by atoms with Crippen molar-refractivity contribution in [2.24, 2.45) is 5.92 Å². The van der Waals surface area contributed by atoms with Crippen LogP contribution in [0.25, 0.3) is 0 Å². The summed E-state index contributed by atoms with van der Waals surface area (Å²) >= 11 is 1.57. The molecule has 2 N–H and O–H groups in total. The van der Waals surface area contributed by atoms with Crippen molar-refractivity contribution in [2.75, 3.05) is 52.0 Å². The first-order valence-electron chi connectivity index (χ1n) is 8.49. The summed E-state index contributed by atoms with van der Waals surface area (Å²) in [5.41, 5.74) is 5.68. The fourth-order valence-corrected chi connectivity index (χ4v) is 4.12. The summed E-state index contributed by atoms with van der Waals surface area (Å²) in [5.74, 6) is 0.900. The van der Waals surface area contributed by atoms with Crippen LogP contribution >= 0.6 is 11.3 Å². The number of nitrogen functional groups attached to an aromatic ring is 1. The number of carbonyl (C=O) groups is 1. The van der Waals surface area contributed by atoms with E-state index in [0.717, 1.165) is 65.1 Å². The smallest absolute Gasteiger partial charge is 0.222 e. The van der Waals surface area contributed by atoms with Gasteiger partial charge in [0.2, 0.25) is 5.91 Å². The number of nitrogens with zero attached hydrogens (tertiary/aromatic N) is 4. The molecule has 0 aliphatic carbocycles. The summed E-state index contributed by atoms with van der Waals surface area (Å²) in [6.07, 6.45) is 4.84. The quantitative estimate of drug-likeness (QED) is 0.891. The van der Waals surface area contributed by atoms with Gasteiger partial charge >= 0.3 is 0 Å². The summed E-state index contributed by atoms with van der Waals surface area (Å²) in [5, 5.41) is 0.646. The maximum absolute atomic E-state index is 12.4. The molecular formula is C16H27N5OS. The molecule has 1 aromatic heterocycles. The van der Waals surface area contributed by atoms with Crippen LogP contribution < -0.4 is 5.73 Å². The highest BCUT2D eigenvalue weighted by Gasteiger charge is 2.25. The molecule has 3 rings (SSSR count). The minimum absolute atomic E-state index is 0.354. The molecule has 0 bridgehead atoms. The topological polar surface area (TPSA) is 65.7 Å². The van der Waals surface area contributed by atoms with Crippen molar-refractivity contribution in [1.29, 1.82) is 0 Å². The summed E-state index contributed by atoms with van der Waals surface area (Å²) in [6.45, 7) is 6.86. The predicted molar refractivity (Wildman–Crippen MR) is 93.2 cm³/mol. The van der Waals surface area contributed by atoms with Gasteiger partial charge in [-0.15, -0.1) is 11.3 Å². The Morgan fingerprint density at radius 1 is 1.26 bits per heavy atom. The Morgan fingerprint density at radius 2 is 1.96 bits per heavy atom. The SMILES string of the molecule is CN1CCN(C(=O)CC2CCN(Cc3cnc(N)s3)CC2)CC1. The van der Waals surface area contributed by atoms with Crippen LogP contribution in [-0.4, -0.2) is 71.9 Å². The first kappa shape index (κ1) is 16.7. The van der Waals surface area contributed by atoms with Crippen LogP contribution in [0.15, 0.2) is 6.20 Å². The molecule has 0 spiro atoms. The second-order valence-electron chi connectivity index (χ2n) is 6.77. The molecule has 23 heavy (non-hydrogen) atoms. The van der Waals surface area contributed by atoms with E-state index in [0.29, 0.717) is 17.0 Å². The van der Waals surface area contributed by atoms with Crippen molar-refractivity contribution in [3.05, 3.63) is 11.1 Å². The van der Waals surface area contributed by atoms with E-state index in [1.807, 2.05) is 11.1 Å². The molecule has 128 valence electrons. The van der Waals surface area contributed by atoms with E-state index >= 15 is 0 Å². The summed E-state index contributed by atoms with van der Waals surface area (Å²) in [7, 11) is 2.12. The van der Waals surface area contributed by atoms with E-state index < -0.39 is 0 Å². The Hall–Kier alpha value is -1.18. The lowest BCUT2D eigenvalue weighted by molar-refractivity contribution is -0.134. The number of anilines is 1. The minimum atomic E-state index is 0.354. The minimum Gasteiger partial charge on any atom is -0.375 e. The van der Waals surface area contributed by atoms with E-state index in [2.05, 4.69) is 21.8 Å². The van der Waals surface area contributed by atoms with Crippen molar-refractivity contribution in [2.45, 2.75) is 25.8 Å². The lowest BCUT2D eigenvalue weighted by Gasteiger charge is -2.35. The molecule has 7 heteroatoms. The Morgan fingerprint density at radius 3 is 2.57 bits per heavy atom. The number of carbonyl (C=O) groups excluding carboxylic acids is 1. The van der Waals surface area contributed by atoms with E-state index in [1.165, 1.54) is 4.88 Å². The van der Waals surface area contributed by atoms with Crippen LogP contribution in [0.3, 0.4) is 0 Å². The maximum Gasteiger partial charge on any atom is 0.222 e. The zero-order valence-corrected chi connectivity index (χ0v) is 14.7. The van der Waals surface area contributed by atoms with Gasteiger partial charge in [-0.1, -0.05) is 0 Å². The van der Waals surface area contributed by atoms with Gasteiger partial charge in [-0.05, 0) is 38.9 Å². The highest BCUT2D eigenvalue weighted by molar-refractivity contribution is 7.15. The Bertz CT molecular complexity index is 518. The van der Waals surface area contributed by atoms with Gasteiger partial charge in [0.05, 0.1) is 0 Å². The third kappa shape index (κ3) is 4.65. The highest BCUT2D eigenvalue weighted by atomic mass is 32.1. The summed E-state index contributed by atoms with van der Waals surface area (Å²) < 4.78 is 0. The number of hydrogen-bond acceptors (Lipinski definition) is 6. The molecule has 2 fully saturated rings. The van der Waals surface area contributed by atoms with Gasteiger partial charge in [0.1, 0.15) is 0 Å². The van der Waals surface area contributed by atoms with Gasteiger partial charge in [-0.3, -0.25) is 9.69 Å². The highest BCUT2D eigenvalue weighted by Crippen LogP contribution is 2.24. The Labute approximate surface area is 142 Å². The lowest BCUT2D eigenvalue weighted by atomic mass is 9.93. The summed E-state index contributed by atoms with van der Waals surface area (Å²) in [4.78, 5) is 24.5. The van der Waals surface area contributed by atoms with Gasteiger partial charge in [0, 0.05) is 50.2 Å². The van der Waals surface area contributed by atoms with Gasteiger partial charge in [-0.25, -0.2) is 4.98 Å². The zero-order valence-electron chi connectivity index (χ0n) is 13.9. The number of amides is 1. The second-order valence-corrected chi connectivity index (χ2v) is 7.92. The van der Waals surface area contributed by atoms with Crippen molar-refractivity contribution in [1.82, 2.24) is 19.7 Å². The number of likely N-dealkylation sites (N-methyl/N-ethyl adjacent to an activating group) is 1. The average molecular weight is 337 g/mol. The first-order valence-corrected chi connectivity index (χ1v) is 9.30. The predicted octanol–water partition coefficient (Wildman–Crippen LogP) is 1.10. The second kappa shape index (κ2) is 7.59. The lowest BCUT2D eigenvalue weighted by Crippen LogP contribution is -2.47. The van der Waals surface area contributed by atoms with Crippen molar-refractivity contribution < 1.29 is 4.79 Å². The molecule has 0 saturated carbocycles. The molecule has 0 atom stereocenters. The summed E-state index contributed by atoms with van der Waals surface area (Å²) in [6, 6.07) is 0. The fraction of sp³-hybridized carbons (Fsp3) is 0.750. The van der Waals surface area contributed by atoms with Crippen molar-refractivity contribution >= 4 is 22.4 Å². The molecule has 1 amide bonds. The number of piperazine rings is 1. The number of rotatable bonds is 4. The number of aromatic nitrogens is 1. The average Bonchev–Trinajstić information content (AvgIpc) is 2.95. The fourth-order valence-electron chi connectivity index (χ4n) is 3.40. The number of piperidine rings is 1. The van der Waals surface area contributed by atoms with E-state index in [-0.39, 0.29) is 0 Å². The molecule has 1 aromatic rings. The standard InChI is InChI=1S/C16H27N5OS/c1-19-6-8-21(9-7-19)15(22)10-13-2-4-20(5-3-13)12-14-11-18-16(17)23-14/h11,13H,2-10,12H2,1H3,(H2,17,18). The van der Waals surface area contributed by atoms with Gasteiger partial charge in [0.15, 0.2) is 5.13 Å². The number of thiazole rings is 1. The Balaban J connectivity index is 1.39. The van der Waals surface area contributed by atoms with Crippen molar-refractivity contribution in [3.63, 3.8) is 0 Å². The van der Waals surface area contributed by atoms with Crippen LogP contribution in [0.5, 0.6) is 0 Å². The van der Waals surface area contributed by atoms with Crippen LogP contribution in [-0.2, 0) is 11.3 Å². The first-order chi connectivity index (χ1) is 11.1. The van der Waals surface area contributed by atoms with E-state index in [4.69, 9.17) is 5.73 Å². The van der Waals surface area contributed by atoms with Crippen LogP contribution in [0.2, 0.25) is 0 Å². The van der Waals surface area contributed by atoms with E-state index in [9.17, 15) is 4.79 Å². The van der Waals surface area contributed by atoms with Gasteiger partial charge in [-0.2, -0.15) is 0 Å². The molecule has 0 radical (unpaired) electrons. The monoisotopic (exact) mass is 337 g/mol. The molecule has 0 unspecified atom stereocenters. The number of nitrogens with two attached hydrogens (primary N) is 1. The molecule has 3 heterocycles. The largest absolute Gasteiger partial charge is 0.375 e. The molecular weight excluding hydrogens is 310 g/mol. The normalized spacial score (nSPS) is 21.7. The molecule has 6 nitrogen and oxygen atoms in total. The Kier molecular flexibility index (Phi) is 5.50. The molecule has 2 aliphatic heterocycles. The van der Waals surface area contributed by atoms with Crippen molar-refractivity contribution in [3.8, 4) is 0 Å². The third-order valence-electron chi connectivity index (χ3n) is 4.98. The molecule has 0 aromatic carbocycles. The van der Waals surface area contributed by atoms with E-state index in [1.54, 1.807) is 11.3 Å². The van der Waals surface area contributed by atoms with Crippen LogP contribution in [0.1, 0.15) is 24.1 Å². The number of likely N-dealkylation sites (tertiary alicyclic amines) is 1. The number of hydrogen-bond donors (Lipinski definition) is 1. The molecule has 2 saturated heterocycles. The van der Waals surface area contributed by atoms with Gasteiger partial charge in [0.25, 0.3) is 0 Å².